The first-order chi connectivity index (χ1) is 17.9. The van der Waals surface area contributed by atoms with Crippen LogP contribution in [0.2, 0.25) is 0 Å². The summed E-state index contributed by atoms with van der Waals surface area (Å²) in [5.74, 6) is -2.32. The Hall–Kier alpha value is -3.03. The second kappa shape index (κ2) is 7.99. The normalized spacial score (nSPS) is 41.4. The third-order valence-electron chi connectivity index (χ3n) is 11.5. The molecule has 1 aromatic rings. The highest BCUT2D eigenvalue weighted by atomic mass is 16.6. The third-order valence-corrected chi connectivity index (χ3v) is 11.5. The predicted octanol–water partition coefficient (Wildman–Crippen LogP) is 5.61. The number of carboxylic acids is 1. The molecule has 0 radical (unpaired) electrons. The topological polar surface area (TPSA) is 118 Å². The summed E-state index contributed by atoms with van der Waals surface area (Å²) in [6, 6.07) is 6.00. The van der Waals surface area contributed by atoms with Crippen LogP contribution in [0.4, 0.5) is 11.4 Å². The molecule has 5 aliphatic carbocycles. The van der Waals surface area contributed by atoms with Gasteiger partial charge in [-0.1, -0.05) is 51.0 Å². The Bertz CT molecular complexity index is 1300. The molecule has 1 heterocycles. The molecule has 202 valence electrons. The molecule has 1 N–H and O–H groups in total. The van der Waals surface area contributed by atoms with E-state index in [1.54, 1.807) is 12.1 Å². The Morgan fingerprint density at radius 3 is 2.47 bits per heavy atom. The molecule has 0 unspecified atom stereocenters. The van der Waals surface area contributed by atoms with Crippen molar-refractivity contribution in [1.29, 1.82) is 0 Å². The lowest BCUT2D eigenvalue weighted by Gasteiger charge is -2.68. The largest absolute Gasteiger partial charge is 0.481 e. The van der Waals surface area contributed by atoms with Gasteiger partial charge in [0.05, 0.1) is 22.2 Å². The lowest BCUT2D eigenvalue weighted by atomic mass is 9.34. The van der Waals surface area contributed by atoms with Crippen molar-refractivity contribution in [1.82, 2.24) is 0 Å². The van der Waals surface area contributed by atoms with Crippen molar-refractivity contribution in [2.75, 3.05) is 4.90 Å². The molecule has 2 amide bonds. The molecule has 7 rings (SSSR count). The van der Waals surface area contributed by atoms with E-state index in [-0.39, 0.29) is 52.3 Å². The minimum Gasteiger partial charge on any atom is -0.481 e. The molecule has 8 nitrogen and oxygen atoms in total. The first-order valence-corrected chi connectivity index (χ1v) is 14.0. The number of carbonyl (C=O) groups excluding carboxylic acids is 2. The van der Waals surface area contributed by atoms with Crippen LogP contribution in [-0.2, 0) is 14.4 Å². The van der Waals surface area contributed by atoms with Gasteiger partial charge in [0, 0.05) is 11.5 Å². The summed E-state index contributed by atoms with van der Waals surface area (Å²) in [7, 11) is 0. The van der Waals surface area contributed by atoms with E-state index in [0.717, 1.165) is 24.2 Å². The highest BCUT2D eigenvalue weighted by molar-refractivity contribution is 6.23. The summed E-state index contributed by atoms with van der Waals surface area (Å²) in [5.41, 5.74) is -0.593. The maximum atomic E-state index is 14.3. The van der Waals surface area contributed by atoms with Crippen LogP contribution < -0.4 is 4.90 Å². The molecule has 1 aliphatic heterocycles. The number of allylic oxidation sites excluding steroid dienone is 2. The summed E-state index contributed by atoms with van der Waals surface area (Å²) in [4.78, 5) is 53.3. The SMILES string of the molecule is CC(C)C1=C[C@]23CC[C@H]4[C@@](C)(CCC[C@]4(C)C(=O)O)[C@@H]2C[C@@H]1[C@@H]1C(=O)N(c2ccccc2[N+](=O)[O-])C(=O)[C@@H]13. The van der Waals surface area contributed by atoms with Gasteiger partial charge >= 0.3 is 5.97 Å². The minimum atomic E-state index is -0.804. The Kier molecular flexibility index (Phi) is 5.31. The molecule has 38 heavy (non-hydrogen) atoms. The first kappa shape index (κ1) is 25.3. The number of carbonyl (C=O) groups is 3. The zero-order valence-corrected chi connectivity index (χ0v) is 22.5. The number of rotatable bonds is 4. The van der Waals surface area contributed by atoms with E-state index in [4.69, 9.17) is 0 Å². The van der Waals surface area contributed by atoms with Gasteiger partial charge in [0.1, 0.15) is 5.69 Å². The number of carboxylic acid groups (broad SMARTS) is 1. The predicted molar refractivity (Wildman–Crippen MR) is 140 cm³/mol. The van der Waals surface area contributed by atoms with Crippen molar-refractivity contribution in [3.8, 4) is 0 Å². The molecule has 1 aromatic carbocycles. The number of nitro benzene ring substituents is 1. The van der Waals surface area contributed by atoms with Gasteiger partial charge in [-0.25, -0.2) is 4.90 Å². The van der Waals surface area contributed by atoms with E-state index in [0.29, 0.717) is 19.3 Å². The molecular weight excluding hydrogens is 484 g/mol. The fourth-order valence-electron chi connectivity index (χ4n) is 10.0. The van der Waals surface area contributed by atoms with Gasteiger partial charge in [0.15, 0.2) is 0 Å². The number of nitrogens with zero attached hydrogens (tertiary/aromatic N) is 2. The number of hydrogen-bond acceptors (Lipinski definition) is 5. The number of hydrogen-bond donors (Lipinski definition) is 1. The molecule has 8 atom stereocenters. The van der Waals surface area contributed by atoms with E-state index in [1.165, 1.54) is 17.7 Å². The molecule has 0 aromatic heterocycles. The van der Waals surface area contributed by atoms with E-state index >= 15 is 0 Å². The first-order valence-electron chi connectivity index (χ1n) is 14.0. The number of imide groups is 1. The number of aliphatic carboxylic acids is 1. The standard InChI is InChI=1S/C30H36N2O6/c1-16(2)18-15-30-13-10-21-28(3,11-7-12-29(21,4)27(35)36)22(30)14-17(18)23-24(30)26(34)31(25(23)33)19-8-5-6-9-20(19)32(37)38/h5-6,8-9,15-17,21-24H,7,10-14H2,1-4H3,(H,35,36)/t17-,21-,22-,23-,24+,28+,29-,30+/m0/s1. The quantitative estimate of drug-likeness (QED) is 0.239. The van der Waals surface area contributed by atoms with Gasteiger partial charge in [-0.3, -0.25) is 24.5 Å². The Morgan fingerprint density at radius 2 is 1.82 bits per heavy atom. The van der Waals surface area contributed by atoms with Crippen LogP contribution in [-0.4, -0.2) is 27.8 Å². The van der Waals surface area contributed by atoms with Crippen LogP contribution >= 0.6 is 0 Å². The van der Waals surface area contributed by atoms with Crippen molar-refractivity contribution in [3.05, 3.63) is 46.0 Å². The summed E-state index contributed by atoms with van der Waals surface area (Å²) in [6.45, 7) is 8.39. The van der Waals surface area contributed by atoms with Crippen LogP contribution in [0, 0.1) is 61.9 Å². The molecule has 8 heteroatoms. The molecule has 3 saturated carbocycles. The van der Waals surface area contributed by atoms with Crippen molar-refractivity contribution in [3.63, 3.8) is 0 Å². The van der Waals surface area contributed by atoms with E-state index < -0.39 is 33.6 Å². The monoisotopic (exact) mass is 520 g/mol. The highest BCUT2D eigenvalue weighted by Crippen LogP contribution is 2.74. The van der Waals surface area contributed by atoms with Crippen LogP contribution in [0.5, 0.6) is 0 Å². The van der Waals surface area contributed by atoms with Crippen LogP contribution in [0.25, 0.3) is 0 Å². The zero-order valence-electron chi connectivity index (χ0n) is 22.5. The van der Waals surface area contributed by atoms with Crippen LogP contribution in [0.15, 0.2) is 35.9 Å². The van der Waals surface area contributed by atoms with E-state index in [1.807, 2.05) is 6.92 Å². The molecule has 6 aliphatic rings. The summed E-state index contributed by atoms with van der Waals surface area (Å²) >= 11 is 0. The lowest BCUT2D eigenvalue weighted by Crippen LogP contribution is -2.65. The molecule has 4 fully saturated rings. The van der Waals surface area contributed by atoms with Crippen LogP contribution in [0.3, 0.4) is 0 Å². The summed E-state index contributed by atoms with van der Waals surface area (Å²) in [5, 5.41) is 22.1. The average molecular weight is 521 g/mol. The molecule has 2 bridgehead atoms. The molecule has 1 saturated heterocycles. The van der Waals surface area contributed by atoms with Crippen LogP contribution in [0.1, 0.15) is 66.2 Å². The fourth-order valence-corrected chi connectivity index (χ4v) is 10.0. The van der Waals surface area contributed by atoms with Gasteiger partial charge in [0.25, 0.3) is 5.69 Å². The Morgan fingerprint density at radius 1 is 1.11 bits per heavy atom. The number of para-hydroxylation sites is 2. The Balaban J connectivity index is 1.50. The van der Waals surface area contributed by atoms with Gasteiger partial charge in [-0.05, 0) is 74.2 Å². The van der Waals surface area contributed by atoms with Crippen molar-refractivity contribution >= 4 is 29.2 Å². The second-order valence-electron chi connectivity index (χ2n) is 13.2. The molecular formula is C30H36N2O6. The minimum absolute atomic E-state index is 0.00379. The lowest BCUT2D eigenvalue weighted by molar-refractivity contribution is -0.384. The van der Waals surface area contributed by atoms with Gasteiger partial charge in [0.2, 0.25) is 11.8 Å². The highest BCUT2D eigenvalue weighted by Gasteiger charge is 2.73. The second-order valence-corrected chi connectivity index (χ2v) is 13.2. The zero-order chi connectivity index (χ0) is 27.4. The molecule has 1 spiro atoms. The van der Waals surface area contributed by atoms with Gasteiger partial charge in [-0.2, -0.15) is 0 Å². The van der Waals surface area contributed by atoms with Crippen molar-refractivity contribution in [2.24, 2.45) is 51.8 Å². The average Bonchev–Trinajstić information content (AvgIpc) is 3.15. The Labute approximate surface area is 222 Å². The maximum Gasteiger partial charge on any atom is 0.309 e. The summed E-state index contributed by atoms with van der Waals surface area (Å²) < 4.78 is 0. The third kappa shape index (κ3) is 2.94. The summed E-state index contributed by atoms with van der Waals surface area (Å²) in [6.07, 6.45) is 6.84. The number of amides is 2. The number of benzene rings is 1. The number of fused-ring (bicyclic) bond motifs is 1. The van der Waals surface area contributed by atoms with Gasteiger partial charge < -0.3 is 5.11 Å². The smallest absolute Gasteiger partial charge is 0.309 e. The fraction of sp³-hybridized carbons (Fsp3) is 0.633. The maximum absolute atomic E-state index is 14.3. The van der Waals surface area contributed by atoms with Crippen molar-refractivity contribution < 1.29 is 24.4 Å². The van der Waals surface area contributed by atoms with E-state index in [9.17, 15) is 29.6 Å². The van der Waals surface area contributed by atoms with Crippen molar-refractivity contribution in [2.45, 2.75) is 66.2 Å². The van der Waals surface area contributed by atoms with E-state index in [2.05, 4.69) is 26.8 Å². The number of nitro groups is 1. The number of anilines is 1. The van der Waals surface area contributed by atoms with Gasteiger partial charge in [-0.15, -0.1) is 0 Å².